The molecule has 0 saturated carbocycles. The van der Waals surface area contributed by atoms with Crippen molar-refractivity contribution >= 4 is 22.3 Å². The number of halogens is 1. The molecule has 0 aliphatic carbocycles. The molecule has 82 valence electrons. The molecular weight excluding hydrogens is 213 g/mol. The van der Waals surface area contributed by atoms with Crippen LogP contribution in [0.25, 0.3) is 10.9 Å². The van der Waals surface area contributed by atoms with E-state index < -0.39 is 10.7 Å². The molecule has 0 fully saturated rings. The number of nitro groups is 1. The van der Waals surface area contributed by atoms with Crippen LogP contribution in [0.3, 0.4) is 0 Å². The maximum Gasteiger partial charge on any atom is 0.311 e. The lowest BCUT2D eigenvalue weighted by molar-refractivity contribution is -0.384. The lowest BCUT2D eigenvalue weighted by Crippen LogP contribution is -1.99. The molecule has 0 radical (unpaired) electrons. The number of anilines is 1. The number of hydrogen-bond donors (Lipinski definition) is 1. The largest absolute Gasteiger partial charge is 0.382 e. The van der Waals surface area contributed by atoms with Crippen molar-refractivity contribution in [3.63, 3.8) is 0 Å². The zero-order valence-electron chi connectivity index (χ0n) is 8.40. The summed E-state index contributed by atoms with van der Waals surface area (Å²) in [7, 11) is 1.55. The summed E-state index contributed by atoms with van der Waals surface area (Å²) in [5.41, 5.74) is 0.617. The van der Waals surface area contributed by atoms with Gasteiger partial charge in [-0.05, 0) is 18.2 Å². The van der Waals surface area contributed by atoms with Gasteiger partial charge in [-0.25, -0.2) is 9.37 Å². The monoisotopic (exact) mass is 221 g/mol. The van der Waals surface area contributed by atoms with Crippen LogP contribution in [0, 0.1) is 15.9 Å². The van der Waals surface area contributed by atoms with E-state index in [4.69, 9.17) is 0 Å². The summed E-state index contributed by atoms with van der Waals surface area (Å²) < 4.78 is 13.1. The minimum absolute atomic E-state index is 0.166. The highest BCUT2D eigenvalue weighted by Gasteiger charge is 2.16. The molecule has 0 spiro atoms. The van der Waals surface area contributed by atoms with Crippen molar-refractivity contribution in [1.82, 2.24) is 4.98 Å². The first-order valence-electron chi connectivity index (χ1n) is 4.54. The SMILES string of the molecule is CNc1c([N+](=O)[O-])cnc2ccc(F)cc12. The first-order chi connectivity index (χ1) is 7.63. The van der Waals surface area contributed by atoms with Crippen molar-refractivity contribution < 1.29 is 9.31 Å². The van der Waals surface area contributed by atoms with Crippen molar-refractivity contribution in [3.8, 4) is 0 Å². The van der Waals surface area contributed by atoms with Crippen LogP contribution >= 0.6 is 0 Å². The van der Waals surface area contributed by atoms with Gasteiger partial charge in [0.2, 0.25) is 0 Å². The second-order valence-electron chi connectivity index (χ2n) is 3.19. The minimum Gasteiger partial charge on any atom is -0.382 e. The van der Waals surface area contributed by atoms with Crippen molar-refractivity contribution in [3.05, 3.63) is 40.3 Å². The predicted octanol–water partition coefficient (Wildman–Crippen LogP) is 2.32. The molecule has 1 aromatic heterocycles. The third kappa shape index (κ3) is 1.54. The van der Waals surface area contributed by atoms with E-state index in [1.54, 1.807) is 7.05 Å². The van der Waals surface area contributed by atoms with E-state index in [1.807, 2.05) is 0 Å². The van der Waals surface area contributed by atoms with Crippen LogP contribution in [0.15, 0.2) is 24.4 Å². The van der Waals surface area contributed by atoms with E-state index in [0.29, 0.717) is 10.9 Å². The van der Waals surface area contributed by atoms with E-state index in [0.717, 1.165) is 6.20 Å². The molecule has 0 amide bonds. The summed E-state index contributed by atoms with van der Waals surface area (Å²) in [6.07, 6.45) is 1.16. The molecule has 2 aromatic rings. The fourth-order valence-corrected chi connectivity index (χ4v) is 1.56. The quantitative estimate of drug-likeness (QED) is 0.624. The summed E-state index contributed by atoms with van der Waals surface area (Å²) in [6.45, 7) is 0. The highest BCUT2D eigenvalue weighted by molar-refractivity contribution is 5.95. The van der Waals surface area contributed by atoms with Gasteiger partial charge in [-0.1, -0.05) is 0 Å². The Morgan fingerprint density at radius 3 is 2.88 bits per heavy atom. The van der Waals surface area contributed by atoms with Gasteiger partial charge in [0.1, 0.15) is 17.7 Å². The molecule has 0 aliphatic heterocycles. The van der Waals surface area contributed by atoms with E-state index in [2.05, 4.69) is 10.3 Å². The van der Waals surface area contributed by atoms with Crippen LogP contribution < -0.4 is 5.32 Å². The number of aromatic nitrogens is 1. The molecule has 0 unspecified atom stereocenters. The Hall–Kier alpha value is -2.24. The van der Waals surface area contributed by atoms with Crippen molar-refractivity contribution in [2.75, 3.05) is 12.4 Å². The molecule has 1 N–H and O–H groups in total. The van der Waals surface area contributed by atoms with E-state index in [1.165, 1.54) is 18.2 Å². The van der Waals surface area contributed by atoms with Crippen molar-refractivity contribution in [1.29, 1.82) is 0 Å². The number of hydrogen-bond acceptors (Lipinski definition) is 4. The lowest BCUT2D eigenvalue weighted by atomic mass is 10.1. The van der Waals surface area contributed by atoms with Gasteiger partial charge >= 0.3 is 5.69 Å². The number of fused-ring (bicyclic) bond motifs is 1. The normalized spacial score (nSPS) is 10.4. The maximum atomic E-state index is 13.1. The molecule has 1 aromatic carbocycles. The summed E-state index contributed by atoms with van der Waals surface area (Å²) >= 11 is 0. The standard InChI is InChI=1S/C10H8FN3O2/c1-12-10-7-4-6(11)2-3-8(7)13-5-9(10)14(15)16/h2-5H,1H3,(H,12,13). The van der Waals surface area contributed by atoms with Crippen LogP contribution in [0.2, 0.25) is 0 Å². The van der Waals surface area contributed by atoms with Gasteiger partial charge in [0.05, 0.1) is 10.4 Å². The fraction of sp³-hybridized carbons (Fsp3) is 0.100. The smallest absolute Gasteiger partial charge is 0.311 e. The van der Waals surface area contributed by atoms with Gasteiger partial charge < -0.3 is 5.32 Å². The first-order valence-corrected chi connectivity index (χ1v) is 4.54. The van der Waals surface area contributed by atoms with Gasteiger partial charge in [0.15, 0.2) is 0 Å². The number of nitrogens with one attached hydrogen (secondary N) is 1. The second-order valence-corrected chi connectivity index (χ2v) is 3.19. The Bertz CT molecular complexity index is 571. The Balaban J connectivity index is 2.83. The average Bonchev–Trinajstić information content (AvgIpc) is 2.27. The highest BCUT2D eigenvalue weighted by Crippen LogP contribution is 2.31. The van der Waals surface area contributed by atoms with Crippen LogP contribution in [0.5, 0.6) is 0 Å². The third-order valence-electron chi connectivity index (χ3n) is 2.26. The third-order valence-corrected chi connectivity index (χ3v) is 2.26. The molecule has 1 heterocycles. The number of rotatable bonds is 2. The summed E-state index contributed by atoms with van der Waals surface area (Å²) in [5.74, 6) is -0.453. The van der Waals surface area contributed by atoms with Crippen molar-refractivity contribution in [2.45, 2.75) is 0 Å². The zero-order chi connectivity index (χ0) is 11.7. The van der Waals surface area contributed by atoms with Crippen LogP contribution in [0.1, 0.15) is 0 Å². The second kappa shape index (κ2) is 3.73. The van der Waals surface area contributed by atoms with Crippen LogP contribution in [0.4, 0.5) is 15.8 Å². The maximum absolute atomic E-state index is 13.1. The predicted molar refractivity (Wildman–Crippen MR) is 57.9 cm³/mol. The Morgan fingerprint density at radius 1 is 1.50 bits per heavy atom. The Morgan fingerprint density at radius 2 is 2.25 bits per heavy atom. The van der Waals surface area contributed by atoms with E-state index >= 15 is 0 Å². The summed E-state index contributed by atoms with van der Waals surface area (Å²) in [5, 5.41) is 13.8. The Labute approximate surface area is 90.1 Å². The van der Waals surface area contributed by atoms with Crippen LogP contribution in [-0.2, 0) is 0 Å². The highest BCUT2D eigenvalue weighted by atomic mass is 19.1. The van der Waals surface area contributed by atoms with Crippen molar-refractivity contribution in [2.24, 2.45) is 0 Å². The van der Waals surface area contributed by atoms with Gasteiger partial charge in [0.25, 0.3) is 0 Å². The van der Waals surface area contributed by atoms with Crippen LogP contribution in [-0.4, -0.2) is 17.0 Å². The molecule has 0 aliphatic rings. The molecular formula is C10H8FN3O2. The first kappa shape index (κ1) is 10.3. The lowest BCUT2D eigenvalue weighted by Gasteiger charge is -2.05. The van der Waals surface area contributed by atoms with Gasteiger partial charge in [-0.15, -0.1) is 0 Å². The number of pyridine rings is 1. The Kier molecular flexibility index (Phi) is 2.40. The van der Waals surface area contributed by atoms with E-state index in [9.17, 15) is 14.5 Å². The minimum atomic E-state index is -0.552. The molecule has 6 heteroatoms. The molecule has 0 bridgehead atoms. The molecule has 0 atom stereocenters. The number of benzene rings is 1. The molecule has 2 rings (SSSR count). The number of nitrogens with zero attached hydrogens (tertiary/aromatic N) is 2. The van der Waals surface area contributed by atoms with E-state index in [-0.39, 0.29) is 11.4 Å². The molecule has 16 heavy (non-hydrogen) atoms. The topological polar surface area (TPSA) is 68.1 Å². The average molecular weight is 221 g/mol. The molecule has 0 saturated heterocycles. The zero-order valence-corrected chi connectivity index (χ0v) is 8.40. The van der Waals surface area contributed by atoms with Gasteiger partial charge in [0, 0.05) is 12.4 Å². The fourth-order valence-electron chi connectivity index (χ4n) is 1.56. The molecule has 5 nitrogen and oxygen atoms in total. The van der Waals surface area contributed by atoms with Gasteiger partial charge in [-0.2, -0.15) is 0 Å². The van der Waals surface area contributed by atoms with Gasteiger partial charge in [-0.3, -0.25) is 10.1 Å². The summed E-state index contributed by atoms with van der Waals surface area (Å²) in [4.78, 5) is 14.1. The summed E-state index contributed by atoms with van der Waals surface area (Å²) in [6, 6.07) is 3.97.